The maximum Gasteiger partial charge on any atom is 0.295 e. The Morgan fingerprint density at radius 3 is 2.85 bits per heavy atom. The van der Waals surface area contributed by atoms with Crippen molar-refractivity contribution in [3.8, 4) is 0 Å². The molecular formula is C12H13N5O3. The van der Waals surface area contributed by atoms with E-state index in [0.717, 1.165) is 5.56 Å². The molecule has 0 fully saturated rings. The minimum Gasteiger partial charge on any atom is -0.313 e. The molecule has 1 aromatic carbocycles. The number of nitrogens with zero attached hydrogens (tertiary/aromatic N) is 3. The van der Waals surface area contributed by atoms with Gasteiger partial charge in [0.05, 0.1) is 4.92 Å². The first-order valence-electron chi connectivity index (χ1n) is 5.99. The van der Waals surface area contributed by atoms with Gasteiger partial charge in [-0.3, -0.25) is 20.0 Å². The summed E-state index contributed by atoms with van der Waals surface area (Å²) in [5.41, 5.74) is 0.758. The number of aryl methyl sites for hydroxylation is 2. The van der Waals surface area contributed by atoms with Gasteiger partial charge in [-0.1, -0.05) is 13.0 Å². The zero-order valence-electron chi connectivity index (χ0n) is 11.0. The van der Waals surface area contributed by atoms with Crippen molar-refractivity contribution in [2.75, 3.05) is 5.32 Å². The van der Waals surface area contributed by atoms with E-state index in [1.807, 2.05) is 6.92 Å². The summed E-state index contributed by atoms with van der Waals surface area (Å²) < 4.78 is 0. The molecule has 20 heavy (non-hydrogen) atoms. The number of hydrogen-bond donors (Lipinski definition) is 2. The van der Waals surface area contributed by atoms with Crippen molar-refractivity contribution in [2.24, 2.45) is 0 Å². The number of amides is 1. The topological polar surface area (TPSA) is 114 Å². The minimum atomic E-state index is -0.588. The van der Waals surface area contributed by atoms with E-state index in [0.29, 0.717) is 12.2 Å². The van der Waals surface area contributed by atoms with Crippen LogP contribution in [0.3, 0.4) is 0 Å². The molecule has 0 saturated carbocycles. The lowest BCUT2D eigenvalue weighted by Gasteiger charge is -2.04. The van der Waals surface area contributed by atoms with Crippen LogP contribution in [-0.4, -0.2) is 26.0 Å². The molecular weight excluding hydrogens is 262 g/mol. The van der Waals surface area contributed by atoms with Crippen molar-refractivity contribution < 1.29 is 9.72 Å². The molecule has 2 aromatic rings. The van der Waals surface area contributed by atoms with E-state index in [4.69, 9.17) is 0 Å². The summed E-state index contributed by atoms with van der Waals surface area (Å²) in [5.74, 6) is -0.0544. The van der Waals surface area contributed by atoms with E-state index in [-0.39, 0.29) is 17.2 Å². The number of rotatable bonds is 4. The maximum absolute atomic E-state index is 12.0. The number of nitro groups is 1. The second-order valence-corrected chi connectivity index (χ2v) is 4.19. The highest BCUT2D eigenvalue weighted by molar-refractivity contribution is 6.02. The molecule has 0 spiro atoms. The zero-order chi connectivity index (χ0) is 14.7. The molecule has 2 N–H and O–H groups in total. The molecule has 0 unspecified atom stereocenters. The first kappa shape index (κ1) is 13.7. The Hall–Kier alpha value is -2.77. The summed E-state index contributed by atoms with van der Waals surface area (Å²) in [4.78, 5) is 26.3. The number of aromatic nitrogens is 3. The number of carbonyl (C=O) groups excluding carboxylic acids is 1. The van der Waals surface area contributed by atoms with Crippen LogP contribution in [0.5, 0.6) is 0 Å². The van der Waals surface area contributed by atoms with Gasteiger partial charge in [0.1, 0.15) is 11.5 Å². The zero-order valence-corrected chi connectivity index (χ0v) is 11.0. The van der Waals surface area contributed by atoms with Gasteiger partial charge in [-0.05, 0) is 18.6 Å². The van der Waals surface area contributed by atoms with Crippen LogP contribution in [0, 0.1) is 17.0 Å². The van der Waals surface area contributed by atoms with E-state index in [1.54, 1.807) is 13.0 Å². The molecule has 104 valence electrons. The Kier molecular flexibility index (Phi) is 3.74. The SMILES string of the molecule is CCc1nc(C(=O)Nc2cc(C)ccc2[N+](=O)[O-])n[nH]1. The van der Waals surface area contributed by atoms with Crippen LogP contribution in [0.25, 0.3) is 0 Å². The van der Waals surface area contributed by atoms with Crippen molar-refractivity contribution >= 4 is 17.3 Å². The van der Waals surface area contributed by atoms with Gasteiger partial charge in [-0.15, -0.1) is 5.10 Å². The van der Waals surface area contributed by atoms with Gasteiger partial charge in [-0.2, -0.15) is 0 Å². The van der Waals surface area contributed by atoms with E-state index >= 15 is 0 Å². The highest BCUT2D eigenvalue weighted by Gasteiger charge is 2.19. The van der Waals surface area contributed by atoms with Gasteiger partial charge >= 0.3 is 0 Å². The number of H-pyrrole nitrogens is 1. The summed E-state index contributed by atoms with van der Waals surface area (Å²) in [6.07, 6.45) is 0.616. The number of aromatic amines is 1. The smallest absolute Gasteiger partial charge is 0.295 e. The van der Waals surface area contributed by atoms with Gasteiger partial charge in [-0.25, -0.2) is 4.98 Å². The van der Waals surface area contributed by atoms with E-state index in [9.17, 15) is 14.9 Å². The average molecular weight is 275 g/mol. The molecule has 0 aliphatic heterocycles. The fourth-order valence-electron chi connectivity index (χ4n) is 1.64. The average Bonchev–Trinajstić information content (AvgIpc) is 2.87. The van der Waals surface area contributed by atoms with E-state index in [1.165, 1.54) is 12.1 Å². The molecule has 0 saturated heterocycles. The molecule has 2 rings (SSSR count). The Morgan fingerprint density at radius 2 is 2.25 bits per heavy atom. The monoisotopic (exact) mass is 275 g/mol. The molecule has 0 atom stereocenters. The lowest BCUT2D eigenvalue weighted by Crippen LogP contribution is -2.15. The Labute approximate surface area is 114 Å². The van der Waals surface area contributed by atoms with Gasteiger partial charge in [0, 0.05) is 12.5 Å². The number of anilines is 1. The van der Waals surface area contributed by atoms with Crippen LogP contribution in [0.2, 0.25) is 0 Å². The normalized spacial score (nSPS) is 10.3. The Balaban J connectivity index is 2.27. The van der Waals surface area contributed by atoms with Crippen LogP contribution < -0.4 is 5.32 Å². The summed E-state index contributed by atoms with van der Waals surface area (Å²) in [6, 6.07) is 4.49. The molecule has 0 aliphatic carbocycles. The molecule has 0 bridgehead atoms. The quantitative estimate of drug-likeness (QED) is 0.652. The van der Waals surface area contributed by atoms with Crippen molar-refractivity contribution in [3.63, 3.8) is 0 Å². The summed E-state index contributed by atoms with van der Waals surface area (Å²) in [7, 11) is 0. The van der Waals surface area contributed by atoms with Crippen molar-refractivity contribution in [3.05, 3.63) is 45.5 Å². The first-order chi connectivity index (χ1) is 9.51. The molecule has 0 aliphatic rings. The molecule has 8 heteroatoms. The van der Waals surface area contributed by atoms with Crippen molar-refractivity contribution in [1.82, 2.24) is 15.2 Å². The predicted molar refractivity (Wildman–Crippen MR) is 71.5 cm³/mol. The van der Waals surface area contributed by atoms with Crippen molar-refractivity contribution in [2.45, 2.75) is 20.3 Å². The molecule has 1 heterocycles. The number of nitro benzene ring substituents is 1. The van der Waals surface area contributed by atoms with Gasteiger partial charge in [0.15, 0.2) is 0 Å². The second-order valence-electron chi connectivity index (χ2n) is 4.19. The highest BCUT2D eigenvalue weighted by atomic mass is 16.6. The number of carbonyl (C=O) groups is 1. The van der Waals surface area contributed by atoms with E-state index in [2.05, 4.69) is 20.5 Å². The van der Waals surface area contributed by atoms with Gasteiger partial charge in [0.2, 0.25) is 5.82 Å². The standard InChI is InChI=1S/C12H13N5O3/c1-3-10-14-11(16-15-10)12(18)13-8-6-7(2)4-5-9(8)17(19)20/h4-6H,3H2,1-2H3,(H,13,18)(H,14,15,16). The van der Waals surface area contributed by atoms with Crippen LogP contribution in [0.4, 0.5) is 11.4 Å². The van der Waals surface area contributed by atoms with Crippen LogP contribution in [0.1, 0.15) is 28.9 Å². The summed E-state index contributed by atoms with van der Waals surface area (Å²) >= 11 is 0. The second kappa shape index (κ2) is 5.47. The third-order valence-corrected chi connectivity index (χ3v) is 2.67. The van der Waals surface area contributed by atoms with Crippen LogP contribution in [0.15, 0.2) is 18.2 Å². The summed E-state index contributed by atoms with van der Waals surface area (Å²) in [5, 5.41) is 19.8. The van der Waals surface area contributed by atoms with Crippen molar-refractivity contribution in [1.29, 1.82) is 0 Å². The molecule has 8 nitrogen and oxygen atoms in total. The fraction of sp³-hybridized carbons (Fsp3) is 0.250. The number of benzene rings is 1. The number of hydrogen-bond acceptors (Lipinski definition) is 5. The van der Waals surface area contributed by atoms with Crippen LogP contribution in [-0.2, 0) is 6.42 Å². The Bertz CT molecular complexity index is 665. The third-order valence-electron chi connectivity index (χ3n) is 2.67. The fourth-order valence-corrected chi connectivity index (χ4v) is 1.64. The predicted octanol–water partition coefficient (Wildman–Crippen LogP) is 1.84. The largest absolute Gasteiger partial charge is 0.313 e. The van der Waals surface area contributed by atoms with E-state index < -0.39 is 10.8 Å². The number of nitrogens with one attached hydrogen (secondary N) is 2. The highest BCUT2D eigenvalue weighted by Crippen LogP contribution is 2.25. The first-order valence-corrected chi connectivity index (χ1v) is 5.99. The summed E-state index contributed by atoms with van der Waals surface area (Å²) in [6.45, 7) is 3.65. The molecule has 0 radical (unpaired) electrons. The molecule has 1 aromatic heterocycles. The maximum atomic E-state index is 12.0. The van der Waals surface area contributed by atoms with Gasteiger partial charge < -0.3 is 5.32 Å². The van der Waals surface area contributed by atoms with Gasteiger partial charge in [0.25, 0.3) is 11.6 Å². The minimum absolute atomic E-state index is 0.0438. The lowest BCUT2D eigenvalue weighted by molar-refractivity contribution is -0.383. The Morgan fingerprint density at radius 1 is 1.50 bits per heavy atom. The van der Waals surface area contributed by atoms with Crippen LogP contribution >= 0.6 is 0 Å². The third kappa shape index (κ3) is 2.79. The lowest BCUT2D eigenvalue weighted by atomic mass is 10.2. The molecule has 1 amide bonds.